The lowest BCUT2D eigenvalue weighted by molar-refractivity contribution is -0.131. The van der Waals surface area contributed by atoms with Crippen LogP contribution in [0.1, 0.15) is 309 Å². The molecule has 5 heteroatoms. The molecule has 0 aliphatic heterocycles. The number of carbonyl (C=O) groups excluding carboxylic acids is 1. The first-order chi connectivity index (χ1) is 30.6. The number of carbonyl (C=O) groups is 1. The molecule has 5 nitrogen and oxygen atoms in total. The highest BCUT2D eigenvalue weighted by Gasteiger charge is 2.22. The molecule has 368 valence electrons. The number of hydrogen-bond donors (Lipinski definition) is 4. The van der Waals surface area contributed by atoms with Gasteiger partial charge in [0.2, 0.25) is 5.91 Å². The molecule has 0 radical (unpaired) electrons. The minimum absolute atomic E-state index is 0.372. The van der Waals surface area contributed by atoms with Gasteiger partial charge in [-0.05, 0) is 32.1 Å². The van der Waals surface area contributed by atoms with Gasteiger partial charge in [-0.2, -0.15) is 0 Å². The number of aliphatic hydroxyl groups is 3. The number of allylic oxidation sites excluding steroid dienone is 3. The minimum Gasteiger partial charge on any atom is -0.394 e. The van der Waals surface area contributed by atoms with Gasteiger partial charge < -0.3 is 20.6 Å². The fourth-order valence-corrected chi connectivity index (χ4v) is 8.91. The van der Waals surface area contributed by atoms with Crippen LogP contribution in [-0.4, -0.2) is 46.1 Å². The molecule has 0 aromatic carbocycles. The van der Waals surface area contributed by atoms with E-state index >= 15 is 0 Å². The first-order valence-electron chi connectivity index (χ1n) is 28.2. The SMILES string of the molecule is CCCCCCCCCCCCCCCCCCC/C=C/CC/C=C/C(O)C(CO)NC(=O)C(O)CCCCCCCCCCCCCCCCCCCCCCCCCCC. The van der Waals surface area contributed by atoms with Crippen LogP contribution in [0.5, 0.6) is 0 Å². The first kappa shape index (κ1) is 60.8. The van der Waals surface area contributed by atoms with Gasteiger partial charge in [-0.15, -0.1) is 0 Å². The normalized spacial score (nSPS) is 13.4. The van der Waals surface area contributed by atoms with Crippen LogP contribution in [0.3, 0.4) is 0 Å². The third kappa shape index (κ3) is 46.8. The Morgan fingerprint density at radius 3 is 0.984 bits per heavy atom. The summed E-state index contributed by atoms with van der Waals surface area (Å²) in [6.45, 7) is 4.21. The monoisotopic (exact) mass is 874 g/mol. The Kier molecular flexibility index (Phi) is 51.5. The van der Waals surface area contributed by atoms with Crippen LogP contribution >= 0.6 is 0 Å². The first-order valence-corrected chi connectivity index (χ1v) is 28.2. The summed E-state index contributed by atoms with van der Waals surface area (Å²) in [4.78, 5) is 12.5. The van der Waals surface area contributed by atoms with E-state index in [-0.39, 0.29) is 6.61 Å². The summed E-state index contributed by atoms with van der Waals surface area (Å²) < 4.78 is 0. The number of amides is 1. The maximum Gasteiger partial charge on any atom is 0.249 e. The zero-order valence-electron chi connectivity index (χ0n) is 42.0. The molecule has 3 atom stereocenters. The van der Waals surface area contributed by atoms with Crippen molar-refractivity contribution in [3.8, 4) is 0 Å². The average molecular weight is 875 g/mol. The molecule has 0 spiro atoms. The molecular weight excluding hydrogens is 763 g/mol. The molecule has 0 aliphatic rings. The van der Waals surface area contributed by atoms with Gasteiger partial charge in [-0.3, -0.25) is 4.79 Å². The van der Waals surface area contributed by atoms with Crippen molar-refractivity contribution in [3.63, 3.8) is 0 Å². The average Bonchev–Trinajstić information content (AvgIpc) is 3.28. The second kappa shape index (κ2) is 52.5. The number of aliphatic hydroxyl groups excluding tert-OH is 3. The summed E-state index contributed by atoms with van der Waals surface area (Å²) in [5.41, 5.74) is 0. The van der Waals surface area contributed by atoms with E-state index in [1.165, 1.54) is 250 Å². The number of rotatable bonds is 52. The Balaban J connectivity index is 3.58. The highest BCUT2D eigenvalue weighted by Crippen LogP contribution is 2.18. The van der Waals surface area contributed by atoms with E-state index in [1.54, 1.807) is 6.08 Å². The van der Waals surface area contributed by atoms with Crippen LogP contribution in [0.2, 0.25) is 0 Å². The molecule has 0 heterocycles. The van der Waals surface area contributed by atoms with Gasteiger partial charge in [0.05, 0.1) is 18.8 Å². The van der Waals surface area contributed by atoms with Crippen LogP contribution in [0, 0.1) is 0 Å². The van der Waals surface area contributed by atoms with E-state index in [1.807, 2.05) is 6.08 Å². The van der Waals surface area contributed by atoms with E-state index in [4.69, 9.17) is 0 Å². The van der Waals surface area contributed by atoms with Gasteiger partial charge in [-0.1, -0.05) is 301 Å². The van der Waals surface area contributed by atoms with E-state index in [2.05, 4.69) is 31.3 Å². The van der Waals surface area contributed by atoms with Gasteiger partial charge in [0, 0.05) is 0 Å². The molecule has 62 heavy (non-hydrogen) atoms. The fourth-order valence-electron chi connectivity index (χ4n) is 8.91. The standard InChI is InChI=1S/C57H111NO4/c1-3-5-7-9-11-13-15-17-19-21-23-25-27-28-30-32-34-36-38-40-42-44-46-48-50-52-56(61)57(62)58-54(53-59)55(60)51-49-47-45-43-41-39-37-35-33-31-29-26-24-22-20-18-16-14-12-10-8-6-4-2/h41,43,49,51,54-56,59-61H,3-40,42,44-48,50,52-53H2,1-2H3,(H,58,62)/b43-41+,51-49+. The highest BCUT2D eigenvalue weighted by molar-refractivity contribution is 5.80. The van der Waals surface area contributed by atoms with Crippen LogP contribution in [0.15, 0.2) is 24.3 Å². The van der Waals surface area contributed by atoms with Crippen molar-refractivity contribution in [2.45, 2.75) is 327 Å². The van der Waals surface area contributed by atoms with Crippen molar-refractivity contribution in [1.29, 1.82) is 0 Å². The van der Waals surface area contributed by atoms with Crippen molar-refractivity contribution >= 4 is 5.91 Å². The second-order valence-corrected chi connectivity index (χ2v) is 19.5. The van der Waals surface area contributed by atoms with Gasteiger partial charge in [0.15, 0.2) is 0 Å². The van der Waals surface area contributed by atoms with Crippen molar-refractivity contribution < 1.29 is 20.1 Å². The van der Waals surface area contributed by atoms with Gasteiger partial charge in [0.25, 0.3) is 0 Å². The summed E-state index contributed by atoms with van der Waals surface area (Å²) in [5.74, 6) is -0.506. The van der Waals surface area contributed by atoms with Crippen molar-refractivity contribution in [2.24, 2.45) is 0 Å². The quantitative estimate of drug-likeness (QED) is 0.0362. The predicted molar refractivity (Wildman–Crippen MR) is 273 cm³/mol. The summed E-state index contributed by atoms with van der Waals surface area (Å²) in [6, 6.07) is -0.812. The Morgan fingerprint density at radius 1 is 0.387 bits per heavy atom. The fraction of sp³-hybridized carbons (Fsp3) is 0.912. The van der Waals surface area contributed by atoms with Crippen molar-refractivity contribution in [1.82, 2.24) is 5.32 Å². The molecule has 0 bridgehead atoms. The van der Waals surface area contributed by atoms with Crippen LogP contribution < -0.4 is 5.32 Å². The third-order valence-corrected chi connectivity index (χ3v) is 13.3. The number of unbranched alkanes of at least 4 members (excludes halogenated alkanes) is 42. The highest BCUT2D eigenvalue weighted by atomic mass is 16.3. The number of nitrogens with one attached hydrogen (secondary N) is 1. The van der Waals surface area contributed by atoms with E-state index in [0.717, 1.165) is 38.5 Å². The predicted octanol–water partition coefficient (Wildman–Crippen LogP) is 17.3. The minimum atomic E-state index is -1.10. The summed E-state index contributed by atoms with van der Waals surface area (Å²) in [5, 5.41) is 33.3. The zero-order chi connectivity index (χ0) is 45.1. The van der Waals surface area contributed by atoms with Crippen LogP contribution in [-0.2, 0) is 4.79 Å². The molecule has 0 saturated heterocycles. The molecule has 0 aromatic heterocycles. The van der Waals surface area contributed by atoms with Gasteiger partial charge in [0.1, 0.15) is 6.10 Å². The molecule has 0 fully saturated rings. The Labute approximate surface area is 388 Å². The molecule has 1 amide bonds. The van der Waals surface area contributed by atoms with Crippen molar-refractivity contribution in [2.75, 3.05) is 6.61 Å². The molecule has 3 unspecified atom stereocenters. The molecule has 0 aliphatic carbocycles. The topological polar surface area (TPSA) is 89.8 Å². The van der Waals surface area contributed by atoms with E-state index < -0.39 is 24.2 Å². The Hall–Kier alpha value is -1.17. The second-order valence-electron chi connectivity index (χ2n) is 19.5. The maximum atomic E-state index is 12.5. The Morgan fingerprint density at radius 2 is 0.661 bits per heavy atom. The summed E-state index contributed by atoms with van der Waals surface area (Å²) >= 11 is 0. The van der Waals surface area contributed by atoms with Gasteiger partial charge >= 0.3 is 0 Å². The lowest BCUT2D eigenvalue weighted by atomic mass is 10.0. The molecule has 0 rings (SSSR count). The number of hydrogen-bond acceptors (Lipinski definition) is 4. The van der Waals surface area contributed by atoms with Crippen LogP contribution in [0.4, 0.5) is 0 Å². The van der Waals surface area contributed by atoms with Crippen molar-refractivity contribution in [3.05, 3.63) is 24.3 Å². The molecule has 0 aromatic rings. The molecule has 4 N–H and O–H groups in total. The smallest absolute Gasteiger partial charge is 0.249 e. The van der Waals surface area contributed by atoms with E-state index in [0.29, 0.717) is 6.42 Å². The molecular formula is C57H111NO4. The third-order valence-electron chi connectivity index (χ3n) is 13.3. The lowest BCUT2D eigenvalue weighted by Crippen LogP contribution is -2.48. The lowest BCUT2D eigenvalue weighted by Gasteiger charge is -2.21. The molecule has 0 saturated carbocycles. The summed E-state index contributed by atoms with van der Waals surface area (Å²) in [7, 11) is 0. The zero-order valence-corrected chi connectivity index (χ0v) is 42.0. The van der Waals surface area contributed by atoms with Crippen LogP contribution in [0.25, 0.3) is 0 Å². The summed E-state index contributed by atoms with van der Waals surface area (Å²) in [6.07, 6.45) is 66.9. The largest absolute Gasteiger partial charge is 0.394 e. The van der Waals surface area contributed by atoms with Gasteiger partial charge in [-0.25, -0.2) is 0 Å². The van der Waals surface area contributed by atoms with E-state index in [9.17, 15) is 20.1 Å². The Bertz CT molecular complexity index is 920. The maximum absolute atomic E-state index is 12.5.